The largest absolute Gasteiger partial charge is 0.544 e. The zero-order valence-corrected chi connectivity index (χ0v) is 25.9. The molecule has 0 aromatic heterocycles. The zero-order valence-electron chi connectivity index (χ0n) is 22.9. The van der Waals surface area contributed by atoms with E-state index >= 15 is 0 Å². The Kier molecular flexibility index (Phi) is 6.70. The molecule has 6 heteroatoms. The predicted octanol–water partition coefficient (Wildman–Crippen LogP) is 7.81. The summed E-state index contributed by atoms with van der Waals surface area (Å²) in [6, 6.07) is 7.00. The molecule has 2 saturated carbocycles. The van der Waals surface area contributed by atoms with E-state index in [2.05, 4.69) is 84.0 Å². The third-order valence-corrected chi connectivity index (χ3v) is 10.8. The van der Waals surface area contributed by atoms with E-state index in [0.29, 0.717) is 24.0 Å². The van der Waals surface area contributed by atoms with Gasteiger partial charge in [0.1, 0.15) is 5.75 Å². The second kappa shape index (κ2) is 8.61. The van der Waals surface area contributed by atoms with Gasteiger partial charge in [-0.1, -0.05) is 13.0 Å². The molecule has 0 radical (unpaired) electrons. The van der Waals surface area contributed by atoms with E-state index in [9.17, 15) is 0 Å². The Bertz CT molecular complexity index is 867. The van der Waals surface area contributed by atoms with Crippen LogP contribution in [-0.4, -0.2) is 37.2 Å². The van der Waals surface area contributed by atoms with Crippen LogP contribution in [0.2, 0.25) is 58.9 Å². The van der Waals surface area contributed by atoms with Crippen LogP contribution in [0.4, 0.5) is 0 Å². The fraction of sp³-hybridized carbons (Fsp3) is 0.778. The lowest BCUT2D eigenvalue weighted by Crippen LogP contribution is -2.54. The molecule has 0 bridgehead atoms. The molecule has 0 N–H and O–H groups in total. The first kappa shape index (κ1) is 25.7. The topological polar surface area (TPSA) is 27.7 Å². The molecule has 4 rings (SSSR count). The summed E-state index contributed by atoms with van der Waals surface area (Å²) in [4.78, 5) is 0. The SMILES string of the molecule is C[C@]12C[C@H](O[Si](C)(C)C)C3c4ccc(O[Si](C)(C)C)cc4CCC3C1CC[C@@H]2O[Si](C)(C)C. The second-order valence-electron chi connectivity index (χ2n) is 14.2. The fourth-order valence-corrected chi connectivity index (χ4v) is 10.4. The van der Waals surface area contributed by atoms with Crippen molar-refractivity contribution in [2.24, 2.45) is 17.3 Å². The van der Waals surface area contributed by atoms with Crippen LogP contribution in [0.3, 0.4) is 0 Å². The molecule has 3 aliphatic carbocycles. The molecule has 0 spiro atoms. The molecule has 0 heterocycles. The summed E-state index contributed by atoms with van der Waals surface area (Å²) in [7, 11) is -4.87. The van der Waals surface area contributed by atoms with Crippen molar-refractivity contribution in [1.82, 2.24) is 0 Å². The molecule has 3 nitrogen and oxygen atoms in total. The Labute approximate surface area is 206 Å². The van der Waals surface area contributed by atoms with Crippen molar-refractivity contribution in [3.63, 3.8) is 0 Å². The molecule has 3 unspecified atom stereocenters. The molecule has 33 heavy (non-hydrogen) atoms. The lowest BCUT2D eigenvalue weighted by molar-refractivity contribution is -0.0688. The van der Waals surface area contributed by atoms with Gasteiger partial charge in [-0.05, 0) is 132 Å². The van der Waals surface area contributed by atoms with Crippen LogP contribution in [-0.2, 0) is 15.3 Å². The Hall–Kier alpha value is -0.409. The molecule has 0 saturated heterocycles. The number of aryl methyl sites for hydroxylation is 1. The predicted molar refractivity (Wildman–Crippen MR) is 147 cm³/mol. The zero-order chi connectivity index (χ0) is 24.4. The van der Waals surface area contributed by atoms with Crippen molar-refractivity contribution >= 4 is 25.0 Å². The van der Waals surface area contributed by atoms with E-state index in [-0.39, 0.29) is 5.41 Å². The van der Waals surface area contributed by atoms with Crippen molar-refractivity contribution in [2.45, 2.75) is 116 Å². The highest BCUT2D eigenvalue weighted by atomic mass is 28.4. The lowest BCUT2D eigenvalue weighted by atomic mass is 9.54. The highest BCUT2D eigenvalue weighted by Gasteiger charge is 2.59. The molecular formula is C27H48O3Si3. The third-order valence-electron chi connectivity index (χ3n) is 7.99. The minimum absolute atomic E-state index is 0.240. The van der Waals surface area contributed by atoms with Crippen molar-refractivity contribution < 1.29 is 13.3 Å². The lowest BCUT2D eigenvalue weighted by Gasteiger charge is -2.55. The second-order valence-corrected chi connectivity index (χ2v) is 27.5. The standard InChI is InChI=1S/C27H48O3Si3/c1-27-18-24(29-32(5,6)7)26-21-14-12-20(28-31(2,3)4)17-19(21)11-13-22(26)23(27)15-16-25(27)30-33(8,9)10/h12,14,17,22-26H,11,13,15-16,18H2,1-10H3/t22?,23?,24-,25-,26?,27-/m0/s1. The summed E-state index contributed by atoms with van der Waals surface area (Å²) >= 11 is 0. The Morgan fingerprint density at radius 2 is 1.48 bits per heavy atom. The van der Waals surface area contributed by atoms with E-state index in [0.717, 1.165) is 18.1 Å². The van der Waals surface area contributed by atoms with Gasteiger partial charge in [-0.3, -0.25) is 0 Å². The summed E-state index contributed by atoms with van der Waals surface area (Å²) in [5.74, 6) is 3.04. The van der Waals surface area contributed by atoms with E-state index in [4.69, 9.17) is 13.3 Å². The maximum Gasteiger partial charge on any atom is 0.242 e. The highest BCUT2D eigenvalue weighted by Crippen LogP contribution is 2.62. The molecule has 0 amide bonds. The average molecular weight is 505 g/mol. The molecule has 1 aromatic carbocycles. The molecule has 3 aliphatic rings. The van der Waals surface area contributed by atoms with E-state index in [1.165, 1.54) is 31.2 Å². The Morgan fingerprint density at radius 1 is 0.818 bits per heavy atom. The third kappa shape index (κ3) is 5.55. The quantitative estimate of drug-likeness (QED) is 0.370. The van der Waals surface area contributed by atoms with E-state index in [1.54, 1.807) is 5.56 Å². The number of hydrogen-bond donors (Lipinski definition) is 0. The molecule has 2 fully saturated rings. The Morgan fingerprint density at radius 3 is 2.09 bits per heavy atom. The van der Waals surface area contributed by atoms with Crippen LogP contribution in [0.5, 0.6) is 5.75 Å². The summed E-state index contributed by atoms with van der Waals surface area (Å²) in [5, 5.41) is 0. The van der Waals surface area contributed by atoms with Gasteiger partial charge in [0.2, 0.25) is 8.32 Å². The maximum absolute atomic E-state index is 7.04. The average Bonchev–Trinajstić information content (AvgIpc) is 2.93. The molecule has 6 atom stereocenters. The van der Waals surface area contributed by atoms with Gasteiger partial charge >= 0.3 is 0 Å². The molecular weight excluding hydrogens is 457 g/mol. The van der Waals surface area contributed by atoms with Crippen LogP contribution >= 0.6 is 0 Å². The van der Waals surface area contributed by atoms with Crippen LogP contribution in [0.15, 0.2) is 18.2 Å². The summed E-state index contributed by atoms with van der Waals surface area (Å²) in [6.45, 7) is 23.5. The molecule has 0 aliphatic heterocycles. The van der Waals surface area contributed by atoms with Crippen molar-refractivity contribution in [3.8, 4) is 5.75 Å². The first-order chi connectivity index (χ1) is 15.1. The highest BCUT2D eigenvalue weighted by molar-refractivity contribution is 6.70. The minimum atomic E-state index is -1.68. The van der Waals surface area contributed by atoms with Crippen LogP contribution < -0.4 is 4.43 Å². The number of fused-ring (bicyclic) bond motifs is 5. The number of hydrogen-bond acceptors (Lipinski definition) is 3. The summed E-state index contributed by atoms with van der Waals surface area (Å²) in [6.07, 6.45) is 6.84. The van der Waals surface area contributed by atoms with Gasteiger partial charge in [-0.15, -0.1) is 0 Å². The van der Waals surface area contributed by atoms with E-state index < -0.39 is 25.0 Å². The smallest absolute Gasteiger partial charge is 0.242 e. The van der Waals surface area contributed by atoms with Gasteiger partial charge < -0.3 is 13.3 Å². The monoisotopic (exact) mass is 504 g/mol. The van der Waals surface area contributed by atoms with E-state index in [1.807, 2.05) is 0 Å². The minimum Gasteiger partial charge on any atom is -0.544 e. The normalized spacial score (nSPS) is 34.4. The van der Waals surface area contributed by atoms with Gasteiger partial charge in [0.15, 0.2) is 16.6 Å². The maximum atomic E-state index is 7.04. The van der Waals surface area contributed by atoms with Gasteiger partial charge in [-0.2, -0.15) is 0 Å². The summed E-state index contributed by atoms with van der Waals surface area (Å²) < 4.78 is 20.2. The Balaban J connectivity index is 1.70. The first-order valence-electron chi connectivity index (χ1n) is 13.2. The van der Waals surface area contributed by atoms with Crippen LogP contribution in [0.1, 0.15) is 49.7 Å². The fourth-order valence-electron chi connectivity index (χ4n) is 7.17. The van der Waals surface area contributed by atoms with Gasteiger partial charge in [0.25, 0.3) is 0 Å². The van der Waals surface area contributed by atoms with Gasteiger partial charge in [0.05, 0.1) is 12.2 Å². The van der Waals surface area contributed by atoms with Crippen molar-refractivity contribution in [1.29, 1.82) is 0 Å². The van der Waals surface area contributed by atoms with Gasteiger partial charge in [0, 0.05) is 5.92 Å². The van der Waals surface area contributed by atoms with Gasteiger partial charge in [-0.25, -0.2) is 0 Å². The van der Waals surface area contributed by atoms with Crippen molar-refractivity contribution in [2.75, 3.05) is 0 Å². The summed E-state index contributed by atoms with van der Waals surface area (Å²) in [5.41, 5.74) is 3.30. The molecule has 1 aromatic rings. The molecule has 186 valence electrons. The first-order valence-corrected chi connectivity index (χ1v) is 23.5. The number of rotatable bonds is 6. The van der Waals surface area contributed by atoms with Crippen molar-refractivity contribution in [3.05, 3.63) is 29.3 Å². The van der Waals surface area contributed by atoms with Crippen LogP contribution in [0.25, 0.3) is 0 Å². The number of benzene rings is 1. The van der Waals surface area contributed by atoms with Crippen LogP contribution in [0, 0.1) is 17.3 Å².